The van der Waals surface area contributed by atoms with Crippen LogP contribution in [0.25, 0.3) is 21.3 Å². The van der Waals surface area contributed by atoms with Gasteiger partial charge in [-0.05, 0) is 17.2 Å². The standard InChI is InChI=1S/C21H16F2N6O5S/c1-34-20-13(29(32)33)8-28(27-20)9-14(30)26-16-15-11(10-5-3-2-4-6-10)7-12(18(22)23)25-21(15)35-17(16)19(24)31/h2-8,18H,9H2,1H3,(H2,24,31)(H,26,30). The summed E-state index contributed by atoms with van der Waals surface area (Å²) in [6, 6.07) is 9.73. The summed E-state index contributed by atoms with van der Waals surface area (Å²) in [5.74, 6) is -1.88. The predicted octanol–water partition coefficient (Wildman–Crippen LogP) is 3.75. The van der Waals surface area contributed by atoms with Crippen molar-refractivity contribution in [2.75, 3.05) is 12.4 Å². The van der Waals surface area contributed by atoms with E-state index in [4.69, 9.17) is 10.5 Å². The van der Waals surface area contributed by atoms with E-state index < -0.39 is 41.1 Å². The molecule has 0 atom stereocenters. The molecule has 3 N–H and O–H groups in total. The van der Waals surface area contributed by atoms with Crippen LogP contribution in [-0.4, -0.2) is 38.6 Å². The number of halogens is 2. The number of methoxy groups -OCH3 is 1. The molecule has 3 aromatic heterocycles. The Morgan fingerprint density at radius 2 is 2.03 bits per heavy atom. The van der Waals surface area contributed by atoms with Crippen LogP contribution in [0.5, 0.6) is 5.88 Å². The molecule has 0 bridgehead atoms. The maximum Gasteiger partial charge on any atom is 0.350 e. The third kappa shape index (κ3) is 4.63. The number of ether oxygens (including phenoxy) is 1. The molecule has 0 radical (unpaired) electrons. The second-order valence-corrected chi connectivity index (χ2v) is 8.14. The second kappa shape index (κ2) is 9.42. The van der Waals surface area contributed by atoms with Crippen molar-refractivity contribution < 1.29 is 28.0 Å². The third-order valence-electron chi connectivity index (χ3n) is 4.88. The van der Waals surface area contributed by atoms with E-state index in [0.717, 1.165) is 22.2 Å². The van der Waals surface area contributed by atoms with Gasteiger partial charge < -0.3 is 15.8 Å². The Kier molecular flexibility index (Phi) is 6.38. The Labute approximate surface area is 199 Å². The topological polar surface area (TPSA) is 155 Å². The molecule has 0 saturated carbocycles. The number of pyridine rings is 1. The highest BCUT2D eigenvalue weighted by Crippen LogP contribution is 2.42. The molecule has 0 aliphatic heterocycles. The largest absolute Gasteiger partial charge is 0.475 e. The van der Waals surface area contributed by atoms with Gasteiger partial charge in [-0.15, -0.1) is 16.4 Å². The number of carbonyl (C=O) groups is 2. The van der Waals surface area contributed by atoms with Gasteiger partial charge in [-0.3, -0.25) is 24.4 Å². The number of thiophene rings is 1. The monoisotopic (exact) mass is 502 g/mol. The highest BCUT2D eigenvalue weighted by atomic mass is 32.1. The first-order valence-electron chi connectivity index (χ1n) is 9.86. The molecule has 0 aliphatic rings. The first kappa shape index (κ1) is 23.7. The highest BCUT2D eigenvalue weighted by molar-refractivity contribution is 7.21. The van der Waals surface area contributed by atoms with Gasteiger partial charge in [0.1, 0.15) is 28.1 Å². The van der Waals surface area contributed by atoms with E-state index >= 15 is 0 Å². The number of alkyl halides is 2. The number of primary amides is 1. The summed E-state index contributed by atoms with van der Waals surface area (Å²) in [4.78, 5) is 39.3. The SMILES string of the molecule is COc1nn(CC(=O)Nc2c(C(N)=O)sc3nc(C(F)F)cc(-c4ccccc4)c23)cc1[N+](=O)[O-]. The number of hydrogen-bond donors (Lipinski definition) is 2. The van der Waals surface area contributed by atoms with Gasteiger partial charge in [0, 0.05) is 5.39 Å². The molecule has 0 unspecified atom stereocenters. The van der Waals surface area contributed by atoms with Crippen molar-refractivity contribution in [2.24, 2.45) is 5.73 Å². The van der Waals surface area contributed by atoms with Crippen molar-refractivity contribution in [2.45, 2.75) is 13.0 Å². The molecule has 1 aromatic carbocycles. The zero-order chi connectivity index (χ0) is 25.3. The first-order valence-corrected chi connectivity index (χ1v) is 10.7. The molecule has 0 fully saturated rings. The van der Waals surface area contributed by atoms with Gasteiger partial charge in [0.2, 0.25) is 5.91 Å². The highest BCUT2D eigenvalue weighted by Gasteiger charge is 2.26. The van der Waals surface area contributed by atoms with Crippen LogP contribution in [0.3, 0.4) is 0 Å². The smallest absolute Gasteiger partial charge is 0.350 e. The number of rotatable bonds is 8. The third-order valence-corrected chi connectivity index (χ3v) is 5.98. The van der Waals surface area contributed by atoms with E-state index in [1.54, 1.807) is 30.3 Å². The molecule has 3 heterocycles. The number of benzene rings is 1. The molecule has 2 amide bonds. The summed E-state index contributed by atoms with van der Waals surface area (Å²) in [7, 11) is 1.20. The number of fused-ring (bicyclic) bond motifs is 1. The van der Waals surface area contributed by atoms with Crippen LogP contribution in [0, 0.1) is 10.1 Å². The zero-order valence-electron chi connectivity index (χ0n) is 17.9. The number of nitro groups is 1. The molecule has 11 nitrogen and oxygen atoms in total. The Hall–Kier alpha value is -4.46. The minimum Gasteiger partial charge on any atom is -0.475 e. The fourth-order valence-electron chi connectivity index (χ4n) is 3.44. The number of aromatic nitrogens is 3. The Balaban J connectivity index is 1.80. The van der Waals surface area contributed by atoms with Gasteiger partial charge in [0.25, 0.3) is 12.3 Å². The number of amides is 2. The van der Waals surface area contributed by atoms with Crippen molar-refractivity contribution in [3.63, 3.8) is 0 Å². The Morgan fingerprint density at radius 1 is 1.31 bits per heavy atom. The van der Waals surface area contributed by atoms with E-state index in [-0.39, 0.29) is 26.7 Å². The lowest BCUT2D eigenvalue weighted by Gasteiger charge is -2.11. The van der Waals surface area contributed by atoms with Crippen LogP contribution in [0.2, 0.25) is 0 Å². The molecule has 0 spiro atoms. The van der Waals surface area contributed by atoms with Crippen LogP contribution in [0.4, 0.5) is 20.2 Å². The molecular formula is C21H16F2N6O5S. The first-order chi connectivity index (χ1) is 16.7. The van der Waals surface area contributed by atoms with Crippen LogP contribution < -0.4 is 15.8 Å². The minimum absolute atomic E-state index is 0.00305. The number of nitrogens with one attached hydrogen (secondary N) is 1. The minimum atomic E-state index is -2.87. The predicted molar refractivity (Wildman–Crippen MR) is 123 cm³/mol. The number of carbonyl (C=O) groups excluding carboxylic acids is 2. The van der Waals surface area contributed by atoms with E-state index in [0.29, 0.717) is 11.1 Å². The van der Waals surface area contributed by atoms with E-state index in [9.17, 15) is 28.5 Å². The van der Waals surface area contributed by atoms with Crippen molar-refractivity contribution in [3.8, 4) is 17.0 Å². The molecule has 180 valence electrons. The van der Waals surface area contributed by atoms with Gasteiger partial charge >= 0.3 is 11.6 Å². The van der Waals surface area contributed by atoms with Gasteiger partial charge in [0.15, 0.2) is 0 Å². The average Bonchev–Trinajstić information content (AvgIpc) is 3.40. The van der Waals surface area contributed by atoms with Crippen molar-refractivity contribution in [1.29, 1.82) is 0 Å². The van der Waals surface area contributed by atoms with E-state index in [1.165, 1.54) is 13.2 Å². The van der Waals surface area contributed by atoms with E-state index in [1.807, 2.05) is 0 Å². The summed E-state index contributed by atoms with van der Waals surface area (Å²) in [5, 5.41) is 17.8. The molecule has 4 aromatic rings. The maximum atomic E-state index is 13.5. The van der Waals surface area contributed by atoms with Crippen LogP contribution in [0.1, 0.15) is 21.8 Å². The Morgan fingerprint density at radius 3 is 2.60 bits per heavy atom. The fourth-order valence-corrected chi connectivity index (χ4v) is 4.45. The van der Waals surface area contributed by atoms with Gasteiger partial charge in [-0.2, -0.15) is 0 Å². The fraction of sp³-hybridized carbons (Fsp3) is 0.143. The van der Waals surface area contributed by atoms with Crippen LogP contribution in [0.15, 0.2) is 42.6 Å². The number of hydrogen-bond acceptors (Lipinski definition) is 8. The lowest BCUT2D eigenvalue weighted by molar-refractivity contribution is -0.385. The molecule has 14 heteroatoms. The number of nitrogens with zero attached hydrogens (tertiary/aromatic N) is 4. The zero-order valence-corrected chi connectivity index (χ0v) is 18.7. The van der Waals surface area contributed by atoms with Crippen molar-refractivity contribution in [1.82, 2.24) is 14.8 Å². The molecular weight excluding hydrogens is 486 g/mol. The normalized spacial score (nSPS) is 11.1. The Bertz CT molecular complexity index is 1450. The van der Waals surface area contributed by atoms with Gasteiger partial charge in [-0.25, -0.2) is 13.8 Å². The molecule has 0 saturated heterocycles. The lowest BCUT2D eigenvalue weighted by Crippen LogP contribution is -2.21. The van der Waals surface area contributed by atoms with Crippen LogP contribution >= 0.6 is 11.3 Å². The summed E-state index contributed by atoms with van der Waals surface area (Å²) in [6.07, 6.45) is -1.85. The summed E-state index contributed by atoms with van der Waals surface area (Å²) in [6.45, 7) is -0.469. The number of anilines is 1. The lowest BCUT2D eigenvalue weighted by atomic mass is 10.0. The van der Waals surface area contributed by atoms with Crippen molar-refractivity contribution >= 4 is 44.7 Å². The summed E-state index contributed by atoms with van der Waals surface area (Å²) < 4.78 is 32.9. The van der Waals surface area contributed by atoms with E-state index in [2.05, 4.69) is 15.4 Å². The van der Waals surface area contributed by atoms with Crippen molar-refractivity contribution in [3.05, 3.63) is 63.3 Å². The summed E-state index contributed by atoms with van der Waals surface area (Å²) in [5.41, 5.74) is 5.45. The average molecular weight is 502 g/mol. The second-order valence-electron chi connectivity index (χ2n) is 7.14. The molecule has 4 rings (SSSR count). The summed E-state index contributed by atoms with van der Waals surface area (Å²) >= 11 is 0.769. The maximum absolute atomic E-state index is 13.5. The number of nitrogens with two attached hydrogens (primary N) is 1. The molecule has 0 aliphatic carbocycles. The van der Waals surface area contributed by atoms with Gasteiger partial charge in [0.05, 0.1) is 17.7 Å². The quantitative estimate of drug-likeness (QED) is 0.275. The van der Waals surface area contributed by atoms with Crippen LogP contribution in [-0.2, 0) is 11.3 Å². The van der Waals surface area contributed by atoms with Gasteiger partial charge in [-0.1, -0.05) is 30.3 Å². The molecule has 35 heavy (non-hydrogen) atoms.